The quantitative estimate of drug-likeness (QED) is 0.907. The summed E-state index contributed by atoms with van der Waals surface area (Å²) in [6.45, 7) is 0.471. The Hall–Kier alpha value is -2.70. The number of hydrogen-bond acceptors (Lipinski definition) is 4. The van der Waals surface area contributed by atoms with Gasteiger partial charge in [-0.2, -0.15) is 0 Å². The van der Waals surface area contributed by atoms with Gasteiger partial charge >= 0.3 is 5.97 Å². The van der Waals surface area contributed by atoms with E-state index < -0.39 is 12.0 Å². The molecule has 1 fully saturated rings. The molecular weight excluding hydrogens is 272 g/mol. The number of hydrogen-bond donors (Lipinski definition) is 1. The fourth-order valence-corrected chi connectivity index (χ4v) is 2.49. The monoisotopic (exact) mass is 286 g/mol. The second-order valence-corrected chi connectivity index (χ2v) is 4.87. The summed E-state index contributed by atoms with van der Waals surface area (Å²) in [6, 6.07) is 2.63. The van der Waals surface area contributed by atoms with Crippen molar-refractivity contribution in [2.24, 2.45) is 0 Å². The Morgan fingerprint density at radius 2 is 2.19 bits per heavy atom. The maximum absolute atomic E-state index is 12.4. The van der Waals surface area contributed by atoms with E-state index in [4.69, 9.17) is 5.11 Å². The maximum Gasteiger partial charge on any atom is 0.326 e. The normalized spacial score (nSPS) is 17.9. The van der Waals surface area contributed by atoms with Crippen molar-refractivity contribution in [1.29, 1.82) is 0 Å². The summed E-state index contributed by atoms with van der Waals surface area (Å²) >= 11 is 0. The highest BCUT2D eigenvalue weighted by Gasteiger charge is 2.34. The van der Waals surface area contributed by atoms with Gasteiger partial charge in [-0.15, -0.1) is 0 Å². The van der Waals surface area contributed by atoms with Crippen LogP contribution in [0.2, 0.25) is 0 Å². The molecule has 0 aliphatic carbocycles. The molecule has 1 N–H and O–H groups in total. The molecule has 0 saturated carbocycles. The Balaban J connectivity index is 1.80. The molecule has 0 aromatic carbocycles. The summed E-state index contributed by atoms with van der Waals surface area (Å²) in [5.74, 6) is -0.589. The third-order valence-corrected chi connectivity index (χ3v) is 3.56. The van der Waals surface area contributed by atoms with Crippen molar-refractivity contribution in [3.8, 4) is 5.82 Å². The SMILES string of the molecule is O=C(O)[C@H]1CCCN1C(=O)c1ccc(-n2ccnc2)nc1. The highest BCUT2D eigenvalue weighted by Crippen LogP contribution is 2.20. The Bertz CT molecular complexity index is 651. The van der Waals surface area contributed by atoms with Crippen molar-refractivity contribution in [2.45, 2.75) is 18.9 Å². The molecule has 1 amide bonds. The van der Waals surface area contributed by atoms with E-state index in [0.717, 1.165) is 0 Å². The Labute approximate surface area is 120 Å². The van der Waals surface area contributed by atoms with Crippen LogP contribution in [-0.4, -0.2) is 49.0 Å². The number of carboxylic acid groups (broad SMARTS) is 1. The van der Waals surface area contributed by atoms with Crippen LogP contribution in [0.4, 0.5) is 0 Å². The molecule has 2 aromatic rings. The Morgan fingerprint density at radius 1 is 1.33 bits per heavy atom. The van der Waals surface area contributed by atoms with Crippen LogP contribution in [0.3, 0.4) is 0 Å². The van der Waals surface area contributed by atoms with Crippen LogP contribution in [-0.2, 0) is 4.79 Å². The predicted molar refractivity (Wildman–Crippen MR) is 73.1 cm³/mol. The van der Waals surface area contributed by atoms with Crippen LogP contribution in [0.15, 0.2) is 37.1 Å². The van der Waals surface area contributed by atoms with E-state index in [0.29, 0.717) is 30.8 Å². The minimum atomic E-state index is -0.955. The second-order valence-electron chi connectivity index (χ2n) is 4.87. The van der Waals surface area contributed by atoms with E-state index in [2.05, 4.69) is 9.97 Å². The molecule has 3 heterocycles. The zero-order chi connectivity index (χ0) is 14.8. The first-order valence-corrected chi connectivity index (χ1v) is 6.65. The highest BCUT2D eigenvalue weighted by molar-refractivity contribution is 5.96. The zero-order valence-electron chi connectivity index (χ0n) is 11.2. The van der Waals surface area contributed by atoms with Gasteiger partial charge in [0.25, 0.3) is 5.91 Å². The molecule has 0 radical (unpaired) electrons. The summed E-state index contributed by atoms with van der Waals surface area (Å²) in [7, 11) is 0. The molecule has 1 saturated heterocycles. The number of likely N-dealkylation sites (tertiary alicyclic amines) is 1. The number of pyridine rings is 1. The standard InChI is InChI=1S/C14H14N4O3/c19-13(18-6-1-2-11(18)14(20)21)10-3-4-12(16-8-10)17-7-5-15-9-17/h3-5,7-9,11H,1-2,6H2,(H,20,21)/t11-/m1/s1. The smallest absolute Gasteiger partial charge is 0.326 e. The van der Waals surface area contributed by atoms with Crippen molar-refractivity contribution in [3.63, 3.8) is 0 Å². The average molecular weight is 286 g/mol. The molecule has 0 bridgehead atoms. The minimum Gasteiger partial charge on any atom is -0.480 e. The van der Waals surface area contributed by atoms with Gasteiger partial charge in [-0.3, -0.25) is 9.36 Å². The van der Waals surface area contributed by atoms with Gasteiger partial charge in [0.1, 0.15) is 18.2 Å². The van der Waals surface area contributed by atoms with Crippen LogP contribution in [0, 0.1) is 0 Å². The number of aromatic nitrogens is 3. The third kappa shape index (κ3) is 2.49. The van der Waals surface area contributed by atoms with Crippen molar-refractivity contribution in [1.82, 2.24) is 19.4 Å². The van der Waals surface area contributed by atoms with Crippen LogP contribution >= 0.6 is 0 Å². The number of carboxylic acids is 1. The molecule has 21 heavy (non-hydrogen) atoms. The number of aliphatic carboxylic acids is 1. The van der Waals surface area contributed by atoms with Crippen LogP contribution < -0.4 is 0 Å². The maximum atomic E-state index is 12.4. The molecular formula is C14H14N4O3. The van der Waals surface area contributed by atoms with Gasteiger partial charge in [0.2, 0.25) is 0 Å². The van der Waals surface area contributed by atoms with Crippen molar-refractivity contribution in [3.05, 3.63) is 42.6 Å². The van der Waals surface area contributed by atoms with Crippen molar-refractivity contribution < 1.29 is 14.7 Å². The van der Waals surface area contributed by atoms with Gasteiger partial charge in [0.05, 0.1) is 5.56 Å². The molecule has 1 atom stereocenters. The fraction of sp³-hybridized carbons (Fsp3) is 0.286. The largest absolute Gasteiger partial charge is 0.480 e. The number of carbonyl (C=O) groups is 2. The molecule has 108 valence electrons. The molecule has 1 aliphatic heterocycles. The molecule has 7 nitrogen and oxygen atoms in total. The van der Waals surface area contributed by atoms with Crippen molar-refractivity contribution in [2.75, 3.05) is 6.54 Å². The lowest BCUT2D eigenvalue weighted by Gasteiger charge is -2.21. The molecule has 3 rings (SSSR count). The highest BCUT2D eigenvalue weighted by atomic mass is 16.4. The van der Waals surface area contributed by atoms with E-state index in [9.17, 15) is 9.59 Å². The van der Waals surface area contributed by atoms with E-state index >= 15 is 0 Å². The van der Waals surface area contributed by atoms with E-state index in [1.807, 2.05) is 0 Å². The minimum absolute atomic E-state index is 0.287. The van der Waals surface area contributed by atoms with E-state index in [1.165, 1.54) is 11.1 Å². The summed E-state index contributed by atoms with van der Waals surface area (Å²) in [4.78, 5) is 33.0. The molecule has 1 aliphatic rings. The lowest BCUT2D eigenvalue weighted by atomic mass is 10.2. The molecule has 7 heteroatoms. The Morgan fingerprint density at radius 3 is 2.81 bits per heavy atom. The fourth-order valence-electron chi connectivity index (χ4n) is 2.49. The van der Waals surface area contributed by atoms with Gasteiger partial charge in [0, 0.05) is 25.1 Å². The zero-order valence-corrected chi connectivity index (χ0v) is 11.2. The topological polar surface area (TPSA) is 88.3 Å². The average Bonchev–Trinajstić information content (AvgIpc) is 3.18. The molecule has 0 spiro atoms. The summed E-state index contributed by atoms with van der Waals surface area (Å²) < 4.78 is 1.73. The number of rotatable bonds is 3. The summed E-state index contributed by atoms with van der Waals surface area (Å²) in [5.41, 5.74) is 0.395. The number of amides is 1. The van der Waals surface area contributed by atoms with Gasteiger partial charge in [-0.25, -0.2) is 14.8 Å². The first-order chi connectivity index (χ1) is 10.2. The number of carbonyl (C=O) groups excluding carboxylic acids is 1. The summed E-state index contributed by atoms with van der Waals surface area (Å²) in [6.07, 6.45) is 7.69. The number of imidazole rings is 1. The summed E-state index contributed by atoms with van der Waals surface area (Å²) in [5, 5.41) is 9.13. The second kappa shape index (κ2) is 5.35. The predicted octanol–water partition coefficient (Wildman–Crippen LogP) is 0.956. The van der Waals surface area contributed by atoms with Gasteiger partial charge in [-0.05, 0) is 25.0 Å². The van der Waals surface area contributed by atoms with Gasteiger partial charge < -0.3 is 10.0 Å². The first-order valence-electron chi connectivity index (χ1n) is 6.65. The number of nitrogens with zero attached hydrogens (tertiary/aromatic N) is 4. The van der Waals surface area contributed by atoms with E-state index in [1.54, 1.807) is 35.4 Å². The molecule has 0 unspecified atom stereocenters. The van der Waals surface area contributed by atoms with Crippen LogP contribution in [0.1, 0.15) is 23.2 Å². The Kier molecular flexibility index (Phi) is 3.39. The van der Waals surface area contributed by atoms with Gasteiger partial charge in [-0.1, -0.05) is 0 Å². The van der Waals surface area contributed by atoms with Crippen LogP contribution in [0.5, 0.6) is 0 Å². The lowest BCUT2D eigenvalue weighted by Crippen LogP contribution is -2.40. The molecule has 2 aromatic heterocycles. The van der Waals surface area contributed by atoms with Crippen molar-refractivity contribution >= 4 is 11.9 Å². The van der Waals surface area contributed by atoms with Crippen LogP contribution in [0.25, 0.3) is 5.82 Å². The lowest BCUT2D eigenvalue weighted by molar-refractivity contribution is -0.141. The van der Waals surface area contributed by atoms with Gasteiger partial charge in [0.15, 0.2) is 0 Å². The van der Waals surface area contributed by atoms with E-state index in [-0.39, 0.29) is 5.91 Å². The first kappa shape index (κ1) is 13.3. The third-order valence-electron chi connectivity index (χ3n) is 3.56.